The van der Waals surface area contributed by atoms with E-state index < -0.39 is 30.3 Å². The van der Waals surface area contributed by atoms with Crippen LogP contribution in [0.2, 0.25) is 5.02 Å². The van der Waals surface area contributed by atoms with E-state index >= 15 is 0 Å². The van der Waals surface area contributed by atoms with E-state index in [4.69, 9.17) is 16.7 Å². The molecule has 0 aromatic heterocycles. The molecule has 0 heterocycles. The average molecular weight is 300 g/mol. The lowest BCUT2D eigenvalue weighted by atomic mass is 10.1. The van der Waals surface area contributed by atoms with Crippen LogP contribution in [0.1, 0.15) is 23.7 Å². The highest BCUT2D eigenvalue weighted by Crippen LogP contribution is 2.15. The Labute approximate surface area is 120 Å². The van der Waals surface area contributed by atoms with Crippen molar-refractivity contribution in [3.8, 4) is 0 Å². The molecule has 1 aromatic carbocycles. The number of hydrogen-bond acceptors (Lipinski definition) is 4. The topological polar surface area (TPSA) is 92.7 Å². The fraction of sp³-hybridized carbons (Fsp3) is 0.308. The van der Waals surface area contributed by atoms with Crippen molar-refractivity contribution in [3.05, 3.63) is 34.9 Å². The van der Waals surface area contributed by atoms with E-state index in [0.29, 0.717) is 0 Å². The minimum atomic E-state index is -1.36. The Morgan fingerprint density at radius 2 is 2.00 bits per heavy atom. The summed E-state index contributed by atoms with van der Waals surface area (Å²) in [6.45, 7) is 1.75. The van der Waals surface area contributed by atoms with Gasteiger partial charge in [-0.25, -0.2) is 4.79 Å². The number of esters is 1. The molecule has 20 heavy (non-hydrogen) atoms. The van der Waals surface area contributed by atoms with E-state index in [9.17, 15) is 14.4 Å². The third-order valence-electron chi connectivity index (χ3n) is 2.40. The van der Waals surface area contributed by atoms with Gasteiger partial charge in [0.15, 0.2) is 0 Å². The number of carbonyl (C=O) groups excluding carboxylic acids is 2. The fourth-order valence-corrected chi connectivity index (χ4v) is 1.69. The van der Waals surface area contributed by atoms with Gasteiger partial charge in [0.25, 0.3) is 5.91 Å². The smallest absolute Gasteiger partial charge is 0.326 e. The van der Waals surface area contributed by atoms with Gasteiger partial charge >= 0.3 is 11.9 Å². The van der Waals surface area contributed by atoms with Gasteiger partial charge in [0.05, 0.1) is 23.6 Å². The zero-order chi connectivity index (χ0) is 15.1. The Balaban J connectivity index is 2.76. The maximum absolute atomic E-state index is 11.9. The standard InChI is InChI=1S/C13H14ClNO5/c1-2-20-11(16)7-10(13(18)19)15-12(17)8-5-3-4-6-9(8)14/h3-6,10H,2,7H2,1H3,(H,15,17)(H,18,19)/t10-/m1/s1. The van der Waals surface area contributed by atoms with Gasteiger partial charge in [0, 0.05) is 0 Å². The molecule has 0 aliphatic carbocycles. The van der Waals surface area contributed by atoms with Crippen molar-refractivity contribution in [3.63, 3.8) is 0 Å². The van der Waals surface area contributed by atoms with E-state index in [0.717, 1.165) is 0 Å². The van der Waals surface area contributed by atoms with Crippen LogP contribution in [0.15, 0.2) is 24.3 Å². The largest absolute Gasteiger partial charge is 0.480 e. The predicted molar refractivity (Wildman–Crippen MR) is 71.6 cm³/mol. The molecule has 1 amide bonds. The van der Waals surface area contributed by atoms with Crippen molar-refractivity contribution in [1.29, 1.82) is 0 Å². The van der Waals surface area contributed by atoms with Gasteiger partial charge in [-0.15, -0.1) is 0 Å². The van der Waals surface area contributed by atoms with Crippen LogP contribution in [0.3, 0.4) is 0 Å². The molecular formula is C13H14ClNO5. The third kappa shape index (κ3) is 4.55. The number of amides is 1. The number of carbonyl (C=O) groups is 3. The number of hydrogen-bond donors (Lipinski definition) is 2. The summed E-state index contributed by atoms with van der Waals surface area (Å²) in [5.74, 6) is -2.68. The highest BCUT2D eigenvalue weighted by molar-refractivity contribution is 6.33. The first-order valence-corrected chi connectivity index (χ1v) is 6.27. The summed E-state index contributed by atoms with van der Waals surface area (Å²) in [6, 6.07) is 4.85. The van der Waals surface area contributed by atoms with Gasteiger partial charge in [-0.1, -0.05) is 23.7 Å². The number of ether oxygens (including phenoxy) is 1. The van der Waals surface area contributed by atoms with Gasteiger partial charge in [-0.05, 0) is 19.1 Å². The van der Waals surface area contributed by atoms with Gasteiger partial charge in [-0.2, -0.15) is 0 Å². The van der Waals surface area contributed by atoms with Crippen LogP contribution < -0.4 is 5.32 Å². The molecule has 0 aliphatic heterocycles. The second-order valence-electron chi connectivity index (χ2n) is 3.85. The van der Waals surface area contributed by atoms with Crippen LogP contribution in [-0.2, 0) is 14.3 Å². The quantitative estimate of drug-likeness (QED) is 0.776. The van der Waals surface area contributed by atoms with E-state index in [-0.39, 0.29) is 17.2 Å². The molecule has 0 radical (unpaired) electrons. The van der Waals surface area contributed by atoms with E-state index in [1.54, 1.807) is 19.1 Å². The van der Waals surface area contributed by atoms with E-state index in [2.05, 4.69) is 10.1 Å². The van der Waals surface area contributed by atoms with Crippen LogP contribution in [-0.4, -0.2) is 35.6 Å². The molecular weight excluding hydrogens is 286 g/mol. The molecule has 0 aliphatic rings. The molecule has 2 N–H and O–H groups in total. The first kappa shape index (κ1) is 16.0. The van der Waals surface area contributed by atoms with Gasteiger partial charge in [-0.3, -0.25) is 9.59 Å². The lowest BCUT2D eigenvalue weighted by Crippen LogP contribution is -2.42. The highest BCUT2D eigenvalue weighted by Gasteiger charge is 2.25. The van der Waals surface area contributed by atoms with E-state index in [1.165, 1.54) is 12.1 Å². The summed E-state index contributed by atoms with van der Waals surface area (Å²) in [7, 11) is 0. The molecule has 108 valence electrons. The lowest BCUT2D eigenvalue weighted by molar-refractivity contribution is -0.149. The van der Waals surface area contributed by atoms with Gasteiger partial charge in [0.2, 0.25) is 0 Å². The molecule has 0 spiro atoms. The molecule has 1 rings (SSSR count). The molecule has 0 saturated carbocycles. The molecule has 6 nitrogen and oxygen atoms in total. The molecule has 0 unspecified atom stereocenters. The van der Waals surface area contributed by atoms with Crippen LogP contribution in [0.4, 0.5) is 0 Å². The molecule has 7 heteroatoms. The fourth-order valence-electron chi connectivity index (χ4n) is 1.47. The molecule has 1 atom stereocenters. The zero-order valence-corrected chi connectivity index (χ0v) is 11.5. The number of carboxylic acids is 1. The number of aliphatic carboxylic acids is 1. The Bertz CT molecular complexity index is 517. The van der Waals surface area contributed by atoms with Gasteiger partial charge in [0.1, 0.15) is 6.04 Å². The number of rotatable bonds is 6. The molecule has 0 saturated heterocycles. The van der Waals surface area contributed by atoms with Crippen molar-refractivity contribution in [2.75, 3.05) is 6.61 Å². The Morgan fingerprint density at radius 1 is 1.35 bits per heavy atom. The SMILES string of the molecule is CCOC(=O)C[C@@H](NC(=O)c1ccccc1Cl)C(=O)O. The average Bonchev–Trinajstić information content (AvgIpc) is 2.38. The van der Waals surface area contributed by atoms with Crippen LogP contribution in [0.5, 0.6) is 0 Å². The molecule has 0 fully saturated rings. The summed E-state index contributed by atoms with van der Waals surface area (Å²) in [5, 5.41) is 11.4. The van der Waals surface area contributed by atoms with Crippen LogP contribution in [0, 0.1) is 0 Å². The first-order chi connectivity index (χ1) is 9.45. The van der Waals surface area contributed by atoms with Crippen molar-refractivity contribution in [2.24, 2.45) is 0 Å². The summed E-state index contributed by atoms with van der Waals surface area (Å²) in [5.41, 5.74) is 0.143. The minimum absolute atomic E-state index is 0.142. The molecule has 1 aromatic rings. The minimum Gasteiger partial charge on any atom is -0.480 e. The second-order valence-corrected chi connectivity index (χ2v) is 4.26. The van der Waals surface area contributed by atoms with Crippen molar-refractivity contribution < 1.29 is 24.2 Å². The van der Waals surface area contributed by atoms with Crippen molar-refractivity contribution in [2.45, 2.75) is 19.4 Å². The first-order valence-electron chi connectivity index (χ1n) is 5.89. The maximum atomic E-state index is 11.9. The van der Waals surface area contributed by atoms with Crippen LogP contribution >= 0.6 is 11.6 Å². The maximum Gasteiger partial charge on any atom is 0.326 e. The third-order valence-corrected chi connectivity index (χ3v) is 2.73. The number of benzene rings is 1. The second kappa shape index (κ2) is 7.49. The van der Waals surface area contributed by atoms with E-state index in [1.807, 2.05) is 0 Å². The normalized spacial score (nSPS) is 11.5. The zero-order valence-electron chi connectivity index (χ0n) is 10.8. The summed E-state index contributed by atoms with van der Waals surface area (Å²) in [6.07, 6.45) is -0.445. The lowest BCUT2D eigenvalue weighted by Gasteiger charge is -2.14. The Hall–Kier alpha value is -2.08. The van der Waals surface area contributed by atoms with Gasteiger partial charge < -0.3 is 15.2 Å². The Kier molecular flexibility index (Phi) is 5.99. The highest BCUT2D eigenvalue weighted by atomic mass is 35.5. The van der Waals surface area contributed by atoms with Crippen molar-refractivity contribution >= 4 is 29.4 Å². The van der Waals surface area contributed by atoms with Crippen LogP contribution in [0.25, 0.3) is 0 Å². The number of halogens is 1. The summed E-state index contributed by atoms with van der Waals surface area (Å²) >= 11 is 5.84. The summed E-state index contributed by atoms with van der Waals surface area (Å²) < 4.78 is 4.65. The predicted octanol–water partition coefficient (Wildman–Crippen LogP) is 1.48. The summed E-state index contributed by atoms with van der Waals surface area (Å²) in [4.78, 5) is 34.2. The Morgan fingerprint density at radius 3 is 2.55 bits per heavy atom. The number of carboxylic acid groups (broad SMARTS) is 1. The monoisotopic (exact) mass is 299 g/mol. The molecule has 0 bridgehead atoms. The van der Waals surface area contributed by atoms with Crippen molar-refractivity contribution in [1.82, 2.24) is 5.32 Å². The number of nitrogens with one attached hydrogen (secondary N) is 1.